The van der Waals surface area contributed by atoms with Crippen molar-refractivity contribution in [1.29, 1.82) is 0 Å². The zero-order valence-corrected chi connectivity index (χ0v) is 16.8. The zero-order chi connectivity index (χ0) is 18.8. The summed E-state index contributed by atoms with van der Waals surface area (Å²) < 4.78 is 16.4. The van der Waals surface area contributed by atoms with Crippen molar-refractivity contribution >= 4 is 27.7 Å². The SMILES string of the molecule is Cc1cc(C(=O)N(C)CC2CCN(c3ncc(Br)cc3F)CC2)nn1C. The predicted octanol–water partition coefficient (Wildman–Crippen LogP) is 3.01. The summed E-state index contributed by atoms with van der Waals surface area (Å²) in [6.07, 6.45) is 3.41. The number of hydrogen-bond acceptors (Lipinski definition) is 4. The Morgan fingerprint density at radius 2 is 2.08 bits per heavy atom. The number of aryl methyl sites for hydroxylation is 2. The van der Waals surface area contributed by atoms with Gasteiger partial charge in [-0.05, 0) is 53.7 Å². The minimum Gasteiger partial charge on any atom is -0.354 e. The van der Waals surface area contributed by atoms with Crippen molar-refractivity contribution in [3.8, 4) is 0 Å². The maximum absolute atomic E-state index is 14.1. The molecule has 0 unspecified atom stereocenters. The second kappa shape index (κ2) is 7.73. The standard InChI is InChI=1S/C18H23BrFN5O/c1-12-8-16(22-24(12)3)18(26)23(2)11-13-4-6-25(7-5-13)17-15(20)9-14(19)10-21-17/h8-10,13H,4-7,11H2,1-3H3. The maximum atomic E-state index is 14.1. The molecule has 2 aromatic rings. The number of aromatic nitrogens is 3. The van der Waals surface area contributed by atoms with Gasteiger partial charge in [0.2, 0.25) is 0 Å². The molecule has 26 heavy (non-hydrogen) atoms. The summed E-state index contributed by atoms with van der Waals surface area (Å²) in [5.74, 6) is 0.427. The molecular formula is C18H23BrFN5O. The van der Waals surface area contributed by atoms with Crippen LogP contribution in [0.1, 0.15) is 29.0 Å². The van der Waals surface area contributed by atoms with Crippen LogP contribution in [0.3, 0.4) is 0 Å². The van der Waals surface area contributed by atoms with Crippen LogP contribution in [-0.2, 0) is 7.05 Å². The molecule has 1 aliphatic rings. The number of rotatable bonds is 4. The molecule has 1 fully saturated rings. The van der Waals surface area contributed by atoms with Gasteiger partial charge in [0.15, 0.2) is 17.3 Å². The van der Waals surface area contributed by atoms with Crippen molar-refractivity contribution < 1.29 is 9.18 Å². The summed E-state index contributed by atoms with van der Waals surface area (Å²) in [6.45, 7) is 4.08. The molecule has 6 nitrogen and oxygen atoms in total. The first-order chi connectivity index (χ1) is 12.3. The summed E-state index contributed by atoms with van der Waals surface area (Å²) in [7, 11) is 3.64. The Morgan fingerprint density at radius 3 is 2.65 bits per heavy atom. The van der Waals surface area contributed by atoms with Crippen LogP contribution in [0.2, 0.25) is 0 Å². The van der Waals surface area contributed by atoms with E-state index in [9.17, 15) is 9.18 Å². The fourth-order valence-corrected chi connectivity index (χ4v) is 3.60. The summed E-state index contributed by atoms with van der Waals surface area (Å²) in [5.41, 5.74) is 1.44. The number of hydrogen-bond donors (Lipinski definition) is 0. The van der Waals surface area contributed by atoms with Gasteiger partial charge < -0.3 is 9.80 Å². The normalized spacial score (nSPS) is 15.3. The quantitative estimate of drug-likeness (QED) is 0.758. The second-order valence-electron chi connectivity index (χ2n) is 6.87. The average molecular weight is 424 g/mol. The van der Waals surface area contributed by atoms with Gasteiger partial charge in [0.05, 0.1) is 0 Å². The van der Waals surface area contributed by atoms with Crippen LogP contribution < -0.4 is 4.90 Å². The molecule has 140 valence electrons. The molecular weight excluding hydrogens is 401 g/mol. The van der Waals surface area contributed by atoms with E-state index >= 15 is 0 Å². The molecule has 3 rings (SSSR count). The van der Waals surface area contributed by atoms with Gasteiger partial charge in [-0.25, -0.2) is 9.37 Å². The largest absolute Gasteiger partial charge is 0.354 e. The van der Waals surface area contributed by atoms with E-state index in [-0.39, 0.29) is 11.7 Å². The number of amides is 1. The van der Waals surface area contributed by atoms with E-state index in [1.807, 2.05) is 32.0 Å². The lowest BCUT2D eigenvalue weighted by Gasteiger charge is -2.34. The number of nitrogens with zero attached hydrogens (tertiary/aromatic N) is 5. The van der Waals surface area contributed by atoms with Gasteiger partial charge in [0.25, 0.3) is 5.91 Å². The third-order valence-electron chi connectivity index (χ3n) is 4.91. The first-order valence-electron chi connectivity index (χ1n) is 8.67. The average Bonchev–Trinajstić information content (AvgIpc) is 2.94. The summed E-state index contributed by atoms with van der Waals surface area (Å²) in [5, 5.41) is 4.26. The highest BCUT2D eigenvalue weighted by Crippen LogP contribution is 2.26. The van der Waals surface area contributed by atoms with E-state index in [2.05, 4.69) is 26.0 Å². The Kier molecular flexibility index (Phi) is 5.60. The zero-order valence-electron chi connectivity index (χ0n) is 15.2. The highest BCUT2D eigenvalue weighted by molar-refractivity contribution is 9.10. The smallest absolute Gasteiger partial charge is 0.274 e. The molecule has 0 saturated carbocycles. The third kappa shape index (κ3) is 4.06. The van der Waals surface area contributed by atoms with Gasteiger partial charge in [-0.3, -0.25) is 9.48 Å². The van der Waals surface area contributed by atoms with E-state index in [1.165, 1.54) is 6.07 Å². The van der Waals surface area contributed by atoms with Crippen LogP contribution in [0.5, 0.6) is 0 Å². The van der Waals surface area contributed by atoms with Crippen molar-refractivity contribution in [2.75, 3.05) is 31.6 Å². The number of halogens is 2. The lowest BCUT2D eigenvalue weighted by molar-refractivity contribution is 0.0758. The topological polar surface area (TPSA) is 54.3 Å². The molecule has 0 atom stereocenters. The van der Waals surface area contributed by atoms with Crippen molar-refractivity contribution in [2.45, 2.75) is 19.8 Å². The van der Waals surface area contributed by atoms with Crippen molar-refractivity contribution in [3.63, 3.8) is 0 Å². The van der Waals surface area contributed by atoms with Crippen molar-refractivity contribution in [2.24, 2.45) is 13.0 Å². The summed E-state index contributed by atoms with van der Waals surface area (Å²) >= 11 is 3.23. The predicted molar refractivity (Wildman–Crippen MR) is 102 cm³/mol. The first kappa shape index (κ1) is 18.8. The Morgan fingerprint density at radius 1 is 1.38 bits per heavy atom. The van der Waals surface area contributed by atoms with E-state index in [4.69, 9.17) is 0 Å². The summed E-state index contributed by atoms with van der Waals surface area (Å²) in [6, 6.07) is 3.25. The van der Waals surface area contributed by atoms with Crippen LogP contribution in [0.4, 0.5) is 10.2 Å². The Hall–Kier alpha value is -1.96. The van der Waals surface area contributed by atoms with Crippen LogP contribution in [0.15, 0.2) is 22.8 Å². The molecule has 8 heteroatoms. The molecule has 1 aliphatic heterocycles. The summed E-state index contributed by atoms with van der Waals surface area (Å²) in [4.78, 5) is 20.4. The van der Waals surface area contributed by atoms with Gasteiger partial charge in [0.1, 0.15) is 0 Å². The molecule has 1 amide bonds. The van der Waals surface area contributed by atoms with Gasteiger partial charge in [-0.1, -0.05) is 0 Å². The Labute approximate surface area is 161 Å². The number of carbonyl (C=O) groups excluding carboxylic acids is 1. The number of pyridine rings is 1. The monoisotopic (exact) mass is 423 g/mol. The minimum absolute atomic E-state index is 0.0586. The lowest BCUT2D eigenvalue weighted by Crippen LogP contribution is -2.40. The lowest BCUT2D eigenvalue weighted by atomic mass is 9.96. The molecule has 0 bridgehead atoms. The number of carbonyl (C=O) groups is 1. The van der Waals surface area contributed by atoms with E-state index < -0.39 is 0 Å². The van der Waals surface area contributed by atoms with E-state index in [0.717, 1.165) is 31.6 Å². The van der Waals surface area contributed by atoms with Crippen LogP contribution in [0, 0.1) is 18.7 Å². The molecule has 1 saturated heterocycles. The molecule has 0 radical (unpaired) electrons. The fraction of sp³-hybridized carbons (Fsp3) is 0.500. The van der Waals surface area contributed by atoms with Crippen LogP contribution in [0.25, 0.3) is 0 Å². The van der Waals surface area contributed by atoms with Gasteiger partial charge in [-0.2, -0.15) is 5.10 Å². The van der Waals surface area contributed by atoms with Crippen LogP contribution >= 0.6 is 15.9 Å². The van der Waals surface area contributed by atoms with E-state index in [0.29, 0.717) is 28.4 Å². The first-order valence-corrected chi connectivity index (χ1v) is 9.46. The maximum Gasteiger partial charge on any atom is 0.274 e. The fourth-order valence-electron chi connectivity index (χ4n) is 3.30. The Bertz CT molecular complexity index is 781. The number of anilines is 1. The molecule has 0 spiro atoms. The molecule has 0 N–H and O–H groups in total. The van der Waals surface area contributed by atoms with Gasteiger partial charge in [0, 0.05) is 50.1 Å². The molecule has 0 aromatic carbocycles. The van der Waals surface area contributed by atoms with Gasteiger partial charge in [-0.15, -0.1) is 0 Å². The van der Waals surface area contributed by atoms with Crippen molar-refractivity contribution in [1.82, 2.24) is 19.7 Å². The Balaban J connectivity index is 1.55. The second-order valence-corrected chi connectivity index (χ2v) is 7.79. The molecule has 0 aliphatic carbocycles. The van der Waals surface area contributed by atoms with E-state index in [1.54, 1.807) is 15.8 Å². The highest BCUT2D eigenvalue weighted by atomic mass is 79.9. The minimum atomic E-state index is -0.310. The van der Waals surface area contributed by atoms with Crippen LogP contribution in [-0.4, -0.2) is 52.3 Å². The molecule has 2 aromatic heterocycles. The number of piperidine rings is 1. The highest BCUT2D eigenvalue weighted by Gasteiger charge is 2.25. The molecule has 3 heterocycles. The third-order valence-corrected chi connectivity index (χ3v) is 5.35. The van der Waals surface area contributed by atoms with Gasteiger partial charge >= 0.3 is 0 Å². The van der Waals surface area contributed by atoms with Crippen molar-refractivity contribution in [3.05, 3.63) is 40.0 Å².